The van der Waals surface area contributed by atoms with Gasteiger partial charge in [0, 0.05) is 19.2 Å². The minimum atomic E-state index is -0.542. The average Bonchev–Trinajstić information content (AvgIpc) is 2.93. The predicted octanol–water partition coefficient (Wildman–Crippen LogP) is 2.59. The lowest BCUT2D eigenvalue weighted by Gasteiger charge is -2.29. The Morgan fingerprint density at radius 2 is 2.00 bits per heavy atom. The number of allylic oxidation sites excluding steroid dienone is 2. The first-order chi connectivity index (χ1) is 12.1. The van der Waals surface area contributed by atoms with Crippen molar-refractivity contribution in [2.24, 2.45) is 0 Å². The molecule has 2 heterocycles. The molecule has 0 amide bonds. The first-order valence-corrected chi connectivity index (χ1v) is 8.85. The highest BCUT2D eigenvalue weighted by molar-refractivity contribution is 8.08. The molecule has 0 aliphatic carbocycles. The maximum Gasteiger partial charge on any atom is 0.332 e. The molecule has 0 unspecified atom stereocenters. The van der Waals surface area contributed by atoms with Crippen molar-refractivity contribution in [3.8, 4) is 0 Å². The Kier molecular flexibility index (Phi) is 5.55. The van der Waals surface area contributed by atoms with E-state index in [0.29, 0.717) is 42.3 Å². The van der Waals surface area contributed by atoms with Gasteiger partial charge in [-0.05, 0) is 24.6 Å². The smallest absolute Gasteiger partial charge is 0.332 e. The van der Waals surface area contributed by atoms with Crippen LogP contribution < -0.4 is 0 Å². The van der Waals surface area contributed by atoms with Crippen LogP contribution in [0.25, 0.3) is 5.57 Å². The molecule has 0 radical (unpaired) electrons. The molecule has 7 heteroatoms. The number of nitrogens with zero attached hydrogens (tertiary/aromatic N) is 1. The number of hydrogen-bond acceptors (Lipinski definition) is 6. The molecule has 3 rings (SSSR count). The van der Waals surface area contributed by atoms with Crippen LogP contribution in [0.1, 0.15) is 12.5 Å². The highest BCUT2D eigenvalue weighted by Gasteiger charge is 2.34. The number of carbonyl (C=O) groups excluding carboxylic acids is 2. The third-order valence-electron chi connectivity index (χ3n) is 3.84. The lowest BCUT2D eigenvalue weighted by molar-refractivity contribution is -0.137. The van der Waals surface area contributed by atoms with E-state index in [4.69, 9.17) is 9.47 Å². The zero-order valence-corrected chi connectivity index (χ0v) is 14.6. The van der Waals surface area contributed by atoms with Gasteiger partial charge in [0.15, 0.2) is 0 Å². The van der Waals surface area contributed by atoms with E-state index in [1.165, 1.54) is 30.0 Å². The number of ketones is 1. The highest BCUT2D eigenvalue weighted by Crippen LogP contribution is 2.44. The molecule has 2 aliphatic heterocycles. The van der Waals surface area contributed by atoms with E-state index >= 15 is 0 Å². The summed E-state index contributed by atoms with van der Waals surface area (Å²) in [5.41, 5.74) is 1.12. The molecule has 2 aliphatic rings. The molecule has 132 valence electrons. The summed E-state index contributed by atoms with van der Waals surface area (Å²) in [6, 6.07) is 5.81. The quantitative estimate of drug-likeness (QED) is 0.605. The van der Waals surface area contributed by atoms with Crippen molar-refractivity contribution in [1.82, 2.24) is 4.90 Å². The molecule has 0 saturated carbocycles. The molecule has 1 aromatic rings. The summed E-state index contributed by atoms with van der Waals surface area (Å²) >= 11 is 1.25. The second kappa shape index (κ2) is 7.84. The van der Waals surface area contributed by atoms with Gasteiger partial charge in [-0.2, -0.15) is 0 Å². The Bertz CT molecular complexity index is 736. The summed E-state index contributed by atoms with van der Waals surface area (Å²) in [7, 11) is 0. The van der Waals surface area contributed by atoms with Crippen LogP contribution >= 0.6 is 11.8 Å². The summed E-state index contributed by atoms with van der Waals surface area (Å²) in [6.45, 7) is 4.43. The maximum atomic E-state index is 13.3. The molecule has 0 atom stereocenters. The van der Waals surface area contributed by atoms with Crippen LogP contribution in [0.15, 0.2) is 40.3 Å². The fourth-order valence-electron chi connectivity index (χ4n) is 2.67. The number of carbonyl (C=O) groups is 2. The first kappa shape index (κ1) is 17.7. The molecule has 0 bridgehead atoms. The second-order valence-electron chi connectivity index (χ2n) is 5.48. The highest BCUT2D eigenvalue weighted by atomic mass is 32.2. The molecule has 1 aromatic carbocycles. The van der Waals surface area contributed by atoms with E-state index in [0.717, 1.165) is 5.03 Å². The van der Waals surface area contributed by atoms with Gasteiger partial charge in [-0.15, -0.1) is 0 Å². The zero-order valence-electron chi connectivity index (χ0n) is 13.8. The number of esters is 1. The SMILES string of the molecule is CCOC(=O)/C=C1\SC(N2CCOCC2)=C(c2ccc(F)cc2)C1=O. The van der Waals surface area contributed by atoms with Crippen molar-refractivity contribution >= 4 is 29.1 Å². The van der Waals surface area contributed by atoms with Gasteiger partial charge in [0.2, 0.25) is 5.78 Å². The molecule has 25 heavy (non-hydrogen) atoms. The third-order valence-corrected chi connectivity index (χ3v) is 5.02. The van der Waals surface area contributed by atoms with E-state index in [1.54, 1.807) is 19.1 Å². The Balaban J connectivity index is 1.98. The van der Waals surface area contributed by atoms with E-state index in [-0.39, 0.29) is 18.2 Å². The van der Waals surface area contributed by atoms with Gasteiger partial charge < -0.3 is 14.4 Å². The monoisotopic (exact) mass is 363 g/mol. The number of morpholine rings is 1. The summed E-state index contributed by atoms with van der Waals surface area (Å²) in [5.74, 6) is -1.15. The number of hydrogen-bond donors (Lipinski definition) is 0. The van der Waals surface area contributed by atoms with Crippen LogP contribution in [0, 0.1) is 5.82 Å². The van der Waals surface area contributed by atoms with Crippen molar-refractivity contribution in [3.05, 3.63) is 51.7 Å². The van der Waals surface area contributed by atoms with Crippen LogP contribution in [0.3, 0.4) is 0 Å². The van der Waals surface area contributed by atoms with Crippen molar-refractivity contribution in [3.63, 3.8) is 0 Å². The van der Waals surface area contributed by atoms with Crippen molar-refractivity contribution in [2.75, 3.05) is 32.9 Å². The average molecular weight is 363 g/mol. The Morgan fingerprint density at radius 1 is 1.32 bits per heavy atom. The molecular weight excluding hydrogens is 345 g/mol. The zero-order chi connectivity index (χ0) is 17.8. The van der Waals surface area contributed by atoms with E-state index < -0.39 is 5.97 Å². The minimum Gasteiger partial charge on any atom is -0.463 e. The summed E-state index contributed by atoms with van der Waals surface area (Å²) < 4.78 is 23.5. The van der Waals surface area contributed by atoms with Crippen LogP contribution in [-0.2, 0) is 19.1 Å². The van der Waals surface area contributed by atoms with Crippen molar-refractivity contribution in [1.29, 1.82) is 0 Å². The van der Waals surface area contributed by atoms with Crippen LogP contribution in [0.4, 0.5) is 4.39 Å². The number of Topliss-reactive ketones (excluding diaryl/α,β-unsaturated/α-hetero) is 1. The fourth-order valence-corrected chi connectivity index (χ4v) is 3.85. The van der Waals surface area contributed by atoms with Gasteiger partial charge in [0.1, 0.15) is 5.82 Å². The molecule has 0 aromatic heterocycles. The second-order valence-corrected chi connectivity index (χ2v) is 6.51. The Hall–Kier alpha value is -2.12. The normalized spacial score (nSPS) is 19.7. The van der Waals surface area contributed by atoms with Crippen LogP contribution in [-0.4, -0.2) is 49.6 Å². The topological polar surface area (TPSA) is 55.8 Å². The van der Waals surface area contributed by atoms with Gasteiger partial charge in [-0.1, -0.05) is 23.9 Å². The third kappa shape index (κ3) is 3.93. The van der Waals surface area contributed by atoms with Crippen molar-refractivity contribution < 1.29 is 23.5 Å². The predicted molar refractivity (Wildman–Crippen MR) is 93.0 cm³/mol. The maximum absolute atomic E-state index is 13.3. The summed E-state index contributed by atoms with van der Waals surface area (Å²) in [4.78, 5) is 27.0. The summed E-state index contributed by atoms with van der Waals surface area (Å²) in [5, 5.41) is 0.774. The first-order valence-electron chi connectivity index (χ1n) is 8.04. The molecule has 1 fully saturated rings. The van der Waals surface area contributed by atoms with Crippen LogP contribution in [0.5, 0.6) is 0 Å². The number of thioether (sulfide) groups is 1. The Labute approximate surface area is 149 Å². The largest absolute Gasteiger partial charge is 0.463 e. The Morgan fingerprint density at radius 3 is 2.64 bits per heavy atom. The van der Waals surface area contributed by atoms with Gasteiger partial charge in [-0.3, -0.25) is 4.79 Å². The van der Waals surface area contributed by atoms with E-state index in [2.05, 4.69) is 4.90 Å². The number of benzene rings is 1. The molecule has 1 saturated heterocycles. The van der Waals surface area contributed by atoms with Gasteiger partial charge >= 0.3 is 5.97 Å². The van der Waals surface area contributed by atoms with Crippen molar-refractivity contribution in [2.45, 2.75) is 6.92 Å². The number of rotatable bonds is 4. The van der Waals surface area contributed by atoms with E-state index in [1.807, 2.05) is 0 Å². The minimum absolute atomic E-state index is 0.244. The number of halogens is 1. The van der Waals surface area contributed by atoms with Gasteiger partial charge in [0.25, 0.3) is 0 Å². The summed E-state index contributed by atoms with van der Waals surface area (Å²) in [6.07, 6.45) is 1.23. The standard InChI is InChI=1S/C18H18FNO4S/c1-2-24-15(21)11-14-17(22)16(12-3-5-13(19)6-4-12)18(25-14)20-7-9-23-10-8-20/h3-6,11H,2,7-10H2,1H3/b14-11-. The lowest BCUT2D eigenvalue weighted by Crippen LogP contribution is -2.34. The molecule has 5 nitrogen and oxygen atoms in total. The van der Waals surface area contributed by atoms with Gasteiger partial charge in [-0.25, -0.2) is 9.18 Å². The lowest BCUT2D eigenvalue weighted by atomic mass is 10.0. The molecule has 0 N–H and O–H groups in total. The van der Waals surface area contributed by atoms with E-state index in [9.17, 15) is 14.0 Å². The molecule has 0 spiro atoms. The number of ether oxygens (including phenoxy) is 2. The molecular formula is C18H18FNO4S. The fraction of sp³-hybridized carbons (Fsp3) is 0.333. The van der Waals surface area contributed by atoms with Gasteiger partial charge in [0.05, 0.1) is 35.3 Å². The van der Waals surface area contributed by atoms with Crippen LogP contribution in [0.2, 0.25) is 0 Å².